The van der Waals surface area contributed by atoms with E-state index in [0.29, 0.717) is 5.92 Å². The molecule has 1 unspecified atom stereocenters. The van der Waals surface area contributed by atoms with Crippen LogP contribution in [0.1, 0.15) is 24.8 Å². The number of aliphatic hydroxyl groups is 1. The molecule has 0 radical (unpaired) electrons. The molecule has 0 amide bonds. The van der Waals surface area contributed by atoms with Crippen molar-refractivity contribution >= 4 is 0 Å². The van der Waals surface area contributed by atoms with Crippen LogP contribution in [0, 0.1) is 0 Å². The molecule has 1 N–H and O–H groups in total. The van der Waals surface area contributed by atoms with Crippen molar-refractivity contribution in [1.29, 1.82) is 0 Å². The summed E-state index contributed by atoms with van der Waals surface area (Å²) in [4.78, 5) is 4.92. The third kappa shape index (κ3) is 4.91. The standard InChI is InChI=1S/C22H30N2O/c1-19(11-12-23-13-15-24(16-14-23)17-18-25)21-9-5-6-10-22(21)20-7-3-2-4-8-20/h2-10,19,25H,11-18H2,1H3. The number of hydrogen-bond donors (Lipinski definition) is 1. The van der Waals surface area contributed by atoms with Gasteiger partial charge < -0.3 is 10.0 Å². The third-order valence-corrected chi connectivity index (χ3v) is 5.34. The summed E-state index contributed by atoms with van der Waals surface area (Å²) in [5.41, 5.74) is 4.12. The first-order valence-electron chi connectivity index (χ1n) is 9.48. The van der Waals surface area contributed by atoms with Gasteiger partial charge in [-0.3, -0.25) is 4.90 Å². The van der Waals surface area contributed by atoms with E-state index in [4.69, 9.17) is 5.11 Å². The molecule has 1 atom stereocenters. The summed E-state index contributed by atoms with van der Waals surface area (Å²) in [5.74, 6) is 0.548. The van der Waals surface area contributed by atoms with Crippen LogP contribution in [0.2, 0.25) is 0 Å². The molecule has 0 aliphatic carbocycles. The minimum atomic E-state index is 0.271. The van der Waals surface area contributed by atoms with Crippen LogP contribution in [-0.4, -0.2) is 60.8 Å². The average molecular weight is 338 g/mol. The maximum atomic E-state index is 9.05. The van der Waals surface area contributed by atoms with Crippen molar-refractivity contribution in [3.63, 3.8) is 0 Å². The van der Waals surface area contributed by atoms with E-state index in [1.807, 2.05) is 0 Å². The highest BCUT2D eigenvalue weighted by atomic mass is 16.3. The van der Waals surface area contributed by atoms with Crippen LogP contribution in [0.5, 0.6) is 0 Å². The van der Waals surface area contributed by atoms with Crippen LogP contribution in [0.4, 0.5) is 0 Å². The molecule has 0 spiro atoms. The molecule has 1 aliphatic heterocycles. The number of nitrogens with zero attached hydrogens (tertiary/aromatic N) is 2. The molecule has 0 aromatic heterocycles. The smallest absolute Gasteiger partial charge is 0.0558 e. The molecule has 2 aromatic carbocycles. The monoisotopic (exact) mass is 338 g/mol. The number of rotatable bonds is 7. The van der Waals surface area contributed by atoms with Crippen molar-refractivity contribution in [3.8, 4) is 11.1 Å². The summed E-state index contributed by atoms with van der Waals surface area (Å²) < 4.78 is 0. The topological polar surface area (TPSA) is 26.7 Å². The van der Waals surface area contributed by atoms with Crippen LogP contribution in [0.15, 0.2) is 54.6 Å². The lowest BCUT2D eigenvalue weighted by Gasteiger charge is -2.34. The Hall–Kier alpha value is -1.68. The fourth-order valence-electron chi connectivity index (χ4n) is 3.72. The Bertz CT molecular complexity index is 635. The number of β-amino-alcohol motifs (C(OH)–C–C–N with tert-alkyl or cyclic N) is 1. The molecular formula is C22H30N2O. The van der Waals surface area contributed by atoms with Gasteiger partial charge in [0.2, 0.25) is 0 Å². The van der Waals surface area contributed by atoms with Gasteiger partial charge in [0.05, 0.1) is 6.61 Å². The molecule has 1 fully saturated rings. The van der Waals surface area contributed by atoms with Gasteiger partial charge in [-0.05, 0) is 35.6 Å². The maximum absolute atomic E-state index is 9.05. The van der Waals surface area contributed by atoms with Crippen molar-refractivity contribution in [1.82, 2.24) is 9.80 Å². The van der Waals surface area contributed by atoms with Crippen LogP contribution in [0.25, 0.3) is 11.1 Å². The molecule has 3 heteroatoms. The van der Waals surface area contributed by atoms with Crippen LogP contribution in [0.3, 0.4) is 0 Å². The number of hydrogen-bond acceptors (Lipinski definition) is 3. The molecule has 2 aromatic rings. The van der Waals surface area contributed by atoms with E-state index in [0.717, 1.165) is 39.3 Å². The lowest BCUT2D eigenvalue weighted by Crippen LogP contribution is -2.47. The molecule has 25 heavy (non-hydrogen) atoms. The maximum Gasteiger partial charge on any atom is 0.0558 e. The van der Waals surface area contributed by atoms with Crippen LogP contribution in [-0.2, 0) is 0 Å². The first kappa shape index (κ1) is 18.1. The lowest BCUT2D eigenvalue weighted by molar-refractivity contribution is 0.111. The molecule has 0 bridgehead atoms. The highest BCUT2D eigenvalue weighted by molar-refractivity contribution is 5.67. The van der Waals surface area contributed by atoms with Crippen molar-refractivity contribution in [3.05, 3.63) is 60.2 Å². The predicted molar refractivity (Wildman–Crippen MR) is 105 cm³/mol. The average Bonchev–Trinajstić information content (AvgIpc) is 2.68. The Morgan fingerprint density at radius 3 is 2.12 bits per heavy atom. The molecule has 3 nitrogen and oxygen atoms in total. The van der Waals surface area contributed by atoms with E-state index < -0.39 is 0 Å². The zero-order valence-electron chi connectivity index (χ0n) is 15.3. The predicted octanol–water partition coefficient (Wildman–Crippen LogP) is 3.46. The molecular weight excluding hydrogens is 308 g/mol. The highest BCUT2D eigenvalue weighted by Crippen LogP contribution is 2.31. The Morgan fingerprint density at radius 2 is 1.44 bits per heavy atom. The van der Waals surface area contributed by atoms with Gasteiger partial charge in [-0.15, -0.1) is 0 Å². The van der Waals surface area contributed by atoms with Gasteiger partial charge >= 0.3 is 0 Å². The number of benzene rings is 2. The van der Waals surface area contributed by atoms with Gasteiger partial charge in [0.15, 0.2) is 0 Å². The second-order valence-corrected chi connectivity index (χ2v) is 7.05. The van der Waals surface area contributed by atoms with Gasteiger partial charge in [-0.2, -0.15) is 0 Å². The van der Waals surface area contributed by atoms with Crippen LogP contribution >= 0.6 is 0 Å². The van der Waals surface area contributed by atoms with Gasteiger partial charge in [-0.1, -0.05) is 61.5 Å². The molecule has 1 aliphatic rings. The molecule has 1 heterocycles. The Labute approximate surface area is 151 Å². The second kappa shape index (κ2) is 9.14. The van der Waals surface area contributed by atoms with Gasteiger partial charge in [-0.25, -0.2) is 0 Å². The third-order valence-electron chi connectivity index (χ3n) is 5.34. The summed E-state index contributed by atoms with van der Waals surface area (Å²) in [6, 6.07) is 19.5. The van der Waals surface area contributed by atoms with E-state index in [9.17, 15) is 0 Å². The van der Waals surface area contributed by atoms with E-state index in [1.54, 1.807) is 0 Å². The minimum absolute atomic E-state index is 0.271. The Kier molecular flexibility index (Phi) is 6.62. The fourth-order valence-corrected chi connectivity index (χ4v) is 3.72. The van der Waals surface area contributed by atoms with Crippen molar-refractivity contribution in [2.75, 3.05) is 45.9 Å². The molecule has 134 valence electrons. The summed E-state index contributed by atoms with van der Waals surface area (Å²) >= 11 is 0. The van der Waals surface area contributed by atoms with Crippen LogP contribution < -0.4 is 0 Å². The highest BCUT2D eigenvalue weighted by Gasteiger charge is 2.18. The summed E-state index contributed by atoms with van der Waals surface area (Å²) in [7, 11) is 0. The normalized spacial score (nSPS) is 17.5. The largest absolute Gasteiger partial charge is 0.395 e. The summed E-state index contributed by atoms with van der Waals surface area (Å²) in [6.07, 6.45) is 1.18. The SMILES string of the molecule is CC(CCN1CCN(CCO)CC1)c1ccccc1-c1ccccc1. The zero-order valence-corrected chi connectivity index (χ0v) is 15.3. The molecule has 1 saturated heterocycles. The summed E-state index contributed by atoms with van der Waals surface area (Å²) in [6.45, 7) is 8.98. The number of aliphatic hydroxyl groups excluding tert-OH is 1. The fraction of sp³-hybridized carbons (Fsp3) is 0.455. The Balaban J connectivity index is 1.58. The zero-order chi connectivity index (χ0) is 17.5. The van der Waals surface area contributed by atoms with Crippen molar-refractivity contribution in [2.24, 2.45) is 0 Å². The lowest BCUT2D eigenvalue weighted by atomic mass is 9.89. The van der Waals surface area contributed by atoms with E-state index in [2.05, 4.69) is 71.3 Å². The molecule has 0 saturated carbocycles. The van der Waals surface area contributed by atoms with Crippen molar-refractivity contribution < 1.29 is 5.11 Å². The summed E-state index contributed by atoms with van der Waals surface area (Å²) in [5, 5.41) is 9.05. The van der Waals surface area contributed by atoms with E-state index in [-0.39, 0.29) is 6.61 Å². The van der Waals surface area contributed by atoms with Gasteiger partial charge in [0.1, 0.15) is 0 Å². The van der Waals surface area contributed by atoms with Crippen molar-refractivity contribution in [2.45, 2.75) is 19.3 Å². The van der Waals surface area contributed by atoms with Gasteiger partial charge in [0.25, 0.3) is 0 Å². The first-order valence-corrected chi connectivity index (χ1v) is 9.48. The van der Waals surface area contributed by atoms with Gasteiger partial charge in [0, 0.05) is 32.7 Å². The second-order valence-electron chi connectivity index (χ2n) is 7.05. The first-order chi connectivity index (χ1) is 12.3. The number of piperazine rings is 1. The molecule has 3 rings (SSSR count). The van der Waals surface area contributed by atoms with E-state index in [1.165, 1.54) is 23.1 Å². The quantitative estimate of drug-likeness (QED) is 0.837. The minimum Gasteiger partial charge on any atom is -0.395 e. The Morgan fingerprint density at radius 1 is 0.840 bits per heavy atom. The van der Waals surface area contributed by atoms with E-state index >= 15 is 0 Å².